The second-order valence-electron chi connectivity index (χ2n) is 3.13. The molecule has 0 aliphatic carbocycles. The highest BCUT2D eigenvalue weighted by Crippen LogP contribution is 2.06. The average Bonchev–Trinajstić information content (AvgIpc) is 2.07. The van der Waals surface area contributed by atoms with Crippen LogP contribution in [0.2, 0.25) is 0 Å². The van der Waals surface area contributed by atoms with Crippen LogP contribution in [0.1, 0.15) is 32.6 Å². The molecule has 1 aliphatic heterocycles. The Morgan fingerprint density at radius 3 is 3.00 bits per heavy atom. The lowest BCUT2D eigenvalue weighted by Gasteiger charge is -2.21. The van der Waals surface area contributed by atoms with E-state index in [1.807, 2.05) is 0 Å². The Bertz CT molecular complexity index is 89.6. The minimum Gasteiger partial charge on any atom is -0.378 e. The number of hydrogen-bond acceptors (Lipinski definition) is 1. The maximum Gasteiger partial charge on any atom is 0.0636 e. The van der Waals surface area contributed by atoms with Crippen molar-refractivity contribution in [2.45, 2.75) is 38.6 Å². The van der Waals surface area contributed by atoms with E-state index in [1.54, 1.807) is 0 Å². The zero-order valence-corrected chi connectivity index (χ0v) is 7.38. The normalized spacial score (nSPS) is 25.4. The van der Waals surface area contributed by atoms with Crippen molar-refractivity contribution >= 4 is 0 Å². The van der Waals surface area contributed by atoms with E-state index in [-0.39, 0.29) is 0 Å². The highest BCUT2D eigenvalue weighted by atomic mass is 16.5. The van der Waals surface area contributed by atoms with E-state index in [9.17, 15) is 0 Å². The summed E-state index contributed by atoms with van der Waals surface area (Å²) in [6.07, 6.45) is 5.18. The first kappa shape index (κ1) is 9.01. The molecule has 0 aromatic carbocycles. The second-order valence-corrected chi connectivity index (χ2v) is 3.13. The summed E-state index contributed by atoms with van der Waals surface area (Å²) in [4.78, 5) is 0. The standard InChI is InChI=1S/C9H18NO/c1-2-3-4-5-9-8-11-7-6-10-9/h9H,2-8H2,1H3. The van der Waals surface area contributed by atoms with Crippen molar-refractivity contribution in [2.75, 3.05) is 19.8 Å². The van der Waals surface area contributed by atoms with Gasteiger partial charge in [-0.15, -0.1) is 0 Å². The predicted molar refractivity (Wildman–Crippen MR) is 45.8 cm³/mol. The van der Waals surface area contributed by atoms with Crippen molar-refractivity contribution in [1.82, 2.24) is 5.32 Å². The SMILES string of the molecule is CCCCCC1COCC[N]1. The molecule has 0 aromatic heterocycles. The minimum absolute atomic E-state index is 0.510. The van der Waals surface area contributed by atoms with Gasteiger partial charge in [-0.25, -0.2) is 5.32 Å². The molecule has 1 rings (SSSR count). The molecule has 0 amide bonds. The zero-order valence-electron chi connectivity index (χ0n) is 7.38. The van der Waals surface area contributed by atoms with Gasteiger partial charge in [0.25, 0.3) is 0 Å². The molecule has 1 aliphatic rings. The van der Waals surface area contributed by atoms with Crippen molar-refractivity contribution in [2.24, 2.45) is 0 Å². The summed E-state index contributed by atoms with van der Waals surface area (Å²) < 4.78 is 5.32. The Labute approximate surface area is 69.3 Å². The maximum atomic E-state index is 5.32. The van der Waals surface area contributed by atoms with Crippen LogP contribution < -0.4 is 5.32 Å². The lowest BCUT2D eigenvalue weighted by Crippen LogP contribution is -2.35. The van der Waals surface area contributed by atoms with Crippen molar-refractivity contribution in [3.8, 4) is 0 Å². The zero-order chi connectivity index (χ0) is 7.94. The third-order valence-corrected chi connectivity index (χ3v) is 2.07. The molecule has 2 nitrogen and oxygen atoms in total. The molecule has 0 bridgehead atoms. The number of rotatable bonds is 4. The molecule has 2 heteroatoms. The second kappa shape index (κ2) is 5.56. The van der Waals surface area contributed by atoms with Gasteiger partial charge in [-0.05, 0) is 6.42 Å². The molecule has 1 unspecified atom stereocenters. The Morgan fingerprint density at radius 1 is 1.45 bits per heavy atom. The fourth-order valence-corrected chi connectivity index (χ4v) is 1.38. The lowest BCUT2D eigenvalue weighted by atomic mass is 10.1. The van der Waals surface area contributed by atoms with Gasteiger partial charge >= 0.3 is 0 Å². The molecular weight excluding hydrogens is 138 g/mol. The number of nitrogens with zero attached hydrogens (tertiary/aromatic N) is 1. The van der Waals surface area contributed by atoms with Gasteiger partial charge in [0.15, 0.2) is 0 Å². The van der Waals surface area contributed by atoms with Gasteiger partial charge in [0.1, 0.15) is 0 Å². The number of morpholine rings is 1. The topological polar surface area (TPSA) is 23.3 Å². The van der Waals surface area contributed by atoms with E-state index in [0.717, 1.165) is 19.8 Å². The van der Waals surface area contributed by atoms with E-state index in [0.29, 0.717) is 6.04 Å². The van der Waals surface area contributed by atoms with Crippen LogP contribution in [-0.4, -0.2) is 25.8 Å². The predicted octanol–water partition coefficient (Wildman–Crippen LogP) is 1.57. The molecule has 0 saturated carbocycles. The van der Waals surface area contributed by atoms with Crippen LogP contribution in [0.15, 0.2) is 0 Å². The largest absolute Gasteiger partial charge is 0.378 e. The first-order valence-electron chi connectivity index (χ1n) is 4.68. The smallest absolute Gasteiger partial charge is 0.0636 e. The van der Waals surface area contributed by atoms with Crippen molar-refractivity contribution in [3.63, 3.8) is 0 Å². The summed E-state index contributed by atoms with van der Waals surface area (Å²) in [6, 6.07) is 0.510. The number of ether oxygens (including phenoxy) is 1. The Balaban J connectivity index is 1.96. The van der Waals surface area contributed by atoms with Crippen LogP contribution in [0.3, 0.4) is 0 Å². The molecule has 65 valence electrons. The van der Waals surface area contributed by atoms with Gasteiger partial charge in [0.2, 0.25) is 0 Å². The van der Waals surface area contributed by atoms with Gasteiger partial charge < -0.3 is 4.74 Å². The van der Waals surface area contributed by atoms with Gasteiger partial charge in [0, 0.05) is 12.6 Å². The molecule has 0 N–H and O–H groups in total. The van der Waals surface area contributed by atoms with E-state index in [1.165, 1.54) is 25.7 Å². The summed E-state index contributed by atoms with van der Waals surface area (Å²) in [5, 5.41) is 4.48. The average molecular weight is 156 g/mol. The first-order chi connectivity index (χ1) is 5.43. The van der Waals surface area contributed by atoms with Crippen LogP contribution in [0.5, 0.6) is 0 Å². The molecule has 1 radical (unpaired) electrons. The van der Waals surface area contributed by atoms with Crippen LogP contribution in [-0.2, 0) is 4.74 Å². The summed E-state index contributed by atoms with van der Waals surface area (Å²) >= 11 is 0. The van der Waals surface area contributed by atoms with E-state index >= 15 is 0 Å². The lowest BCUT2D eigenvalue weighted by molar-refractivity contribution is 0.0710. The van der Waals surface area contributed by atoms with Gasteiger partial charge in [-0.1, -0.05) is 26.2 Å². The van der Waals surface area contributed by atoms with Crippen molar-refractivity contribution in [3.05, 3.63) is 0 Å². The monoisotopic (exact) mass is 156 g/mol. The molecule has 1 saturated heterocycles. The number of unbranched alkanes of at least 4 members (excludes halogenated alkanes) is 2. The Kier molecular flexibility index (Phi) is 4.55. The molecule has 11 heavy (non-hydrogen) atoms. The number of hydrogen-bond donors (Lipinski definition) is 0. The van der Waals surface area contributed by atoms with Crippen LogP contribution in [0.25, 0.3) is 0 Å². The fourth-order valence-electron chi connectivity index (χ4n) is 1.38. The highest BCUT2D eigenvalue weighted by Gasteiger charge is 2.12. The minimum atomic E-state index is 0.510. The van der Waals surface area contributed by atoms with Crippen LogP contribution >= 0.6 is 0 Å². The van der Waals surface area contributed by atoms with Crippen LogP contribution in [0, 0.1) is 0 Å². The third-order valence-electron chi connectivity index (χ3n) is 2.07. The summed E-state index contributed by atoms with van der Waals surface area (Å²) in [7, 11) is 0. The van der Waals surface area contributed by atoms with Crippen molar-refractivity contribution < 1.29 is 4.74 Å². The molecule has 0 aromatic rings. The summed E-state index contributed by atoms with van der Waals surface area (Å²) in [6.45, 7) is 4.85. The van der Waals surface area contributed by atoms with Crippen molar-refractivity contribution in [1.29, 1.82) is 0 Å². The fraction of sp³-hybridized carbons (Fsp3) is 1.00. The van der Waals surface area contributed by atoms with E-state index in [2.05, 4.69) is 12.2 Å². The van der Waals surface area contributed by atoms with Crippen LogP contribution in [0.4, 0.5) is 0 Å². The highest BCUT2D eigenvalue weighted by molar-refractivity contribution is 4.68. The summed E-state index contributed by atoms with van der Waals surface area (Å²) in [5.74, 6) is 0. The van der Waals surface area contributed by atoms with Gasteiger partial charge in [0.05, 0.1) is 13.2 Å². The Hall–Kier alpha value is -0.0800. The molecule has 1 fully saturated rings. The van der Waals surface area contributed by atoms with E-state index in [4.69, 9.17) is 4.74 Å². The summed E-state index contributed by atoms with van der Waals surface area (Å²) in [5.41, 5.74) is 0. The third kappa shape index (κ3) is 3.73. The Morgan fingerprint density at radius 2 is 2.36 bits per heavy atom. The molecule has 0 spiro atoms. The first-order valence-corrected chi connectivity index (χ1v) is 4.68. The molecule has 1 heterocycles. The van der Waals surface area contributed by atoms with E-state index < -0.39 is 0 Å². The maximum absolute atomic E-state index is 5.32. The quantitative estimate of drug-likeness (QED) is 0.567. The molecule has 1 atom stereocenters. The molecular formula is C9H18NO. The van der Waals surface area contributed by atoms with Gasteiger partial charge in [-0.2, -0.15) is 0 Å². The van der Waals surface area contributed by atoms with Gasteiger partial charge in [-0.3, -0.25) is 0 Å².